The zero-order valence-corrected chi connectivity index (χ0v) is 12.8. The second-order valence-corrected chi connectivity index (χ2v) is 5.45. The Balaban J connectivity index is 1.88. The van der Waals surface area contributed by atoms with Crippen molar-refractivity contribution in [3.63, 3.8) is 0 Å². The van der Waals surface area contributed by atoms with Crippen LogP contribution in [0.25, 0.3) is 11.0 Å². The molecule has 3 aromatic rings. The zero-order valence-electron chi connectivity index (χ0n) is 11.2. The summed E-state index contributed by atoms with van der Waals surface area (Å²) in [6.45, 7) is 2.75. The molecule has 0 aliphatic rings. The van der Waals surface area contributed by atoms with Crippen LogP contribution in [0, 0.1) is 0 Å². The van der Waals surface area contributed by atoms with Crippen molar-refractivity contribution in [2.45, 2.75) is 19.9 Å². The Labute approximate surface area is 125 Å². The van der Waals surface area contributed by atoms with Crippen LogP contribution < -0.4 is 5.32 Å². The van der Waals surface area contributed by atoms with Crippen LogP contribution in [0.15, 0.2) is 18.2 Å². The highest BCUT2D eigenvalue weighted by Crippen LogP contribution is 2.30. The molecule has 20 heavy (non-hydrogen) atoms. The first kappa shape index (κ1) is 13.3. The molecular formula is C13H14ClN5S. The number of nitrogens with one attached hydrogen (secondary N) is 1. The van der Waals surface area contributed by atoms with E-state index in [1.165, 1.54) is 11.7 Å². The van der Waals surface area contributed by atoms with Gasteiger partial charge in [-0.05, 0) is 24.6 Å². The molecule has 0 amide bonds. The minimum atomic E-state index is 0.653. The minimum absolute atomic E-state index is 0.653. The van der Waals surface area contributed by atoms with Gasteiger partial charge in [0, 0.05) is 7.05 Å². The van der Waals surface area contributed by atoms with E-state index in [0.717, 1.165) is 34.5 Å². The molecule has 0 saturated heterocycles. The molecule has 0 aliphatic heterocycles. The van der Waals surface area contributed by atoms with E-state index in [4.69, 9.17) is 11.6 Å². The summed E-state index contributed by atoms with van der Waals surface area (Å²) in [6.07, 6.45) is 0.931. The lowest BCUT2D eigenvalue weighted by molar-refractivity contribution is 0.707. The zero-order chi connectivity index (χ0) is 14.1. The van der Waals surface area contributed by atoms with Gasteiger partial charge in [0.25, 0.3) is 0 Å². The maximum absolute atomic E-state index is 6.25. The smallest absolute Gasteiger partial charge is 0.129 e. The van der Waals surface area contributed by atoms with Crippen LogP contribution in [0.3, 0.4) is 0 Å². The lowest BCUT2D eigenvalue weighted by Crippen LogP contribution is -2.06. The number of rotatable bonds is 4. The van der Waals surface area contributed by atoms with Gasteiger partial charge in [-0.25, -0.2) is 0 Å². The molecule has 7 heteroatoms. The van der Waals surface area contributed by atoms with Crippen molar-refractivity contribution in [1.82, 2.24) is 18.5 Å². The van der Waals surface area contributed by atoms with Gasteiger partial charge in [-0.2, -0.15) is 13.8 Å². The van der Waals surface area contributed by atoms with Gasteiger partial charge in [-0.3, -0.25) is 4.68 Å². The summed E-state index contributed by atoms with van der Waals surface area (Å²) in [7, 11) is 1.95. The lowest BCUT2D eigenvalue weighted by Gasteiger charge is -2.08. The lowest BCUT2D eigenvalue weighted by atomic mass is 10.2. The summed E-state index contributed by atoms with van der Waals surface area (Å²) in [6, 6.07) is 5.82. The first-order chi connectivity index (χ1) is 9.69. The molecule has 0 fully saturated rings. The van der Waals surface area contributed by atoms with Crippen LogP contribution in [-0.4, -0.2) is 18.5 Å². The number of benzene rings is 1. The van der Waals surface area contributed by atoms with Gasteiger partial charge in [0.2, 0.25) is 0 Å². The monoisotopic (exact) mass is 307 g/mol. The van der Waals surface area contributed by atoms with Gasteiger partial charge < -0.3 is 5.32 Å². The molecule has 0 atom stereocenters. The van der Waals surface area contributed by atoms with Crippen LogP contribution in [0.5, 0.6) is 0 Å². The Hall–Kier alpha value is -1.66. The third kappa shape index (κ3) is 2.36. The molecule has 0 unspecified atom stereocenters. The number of nitrogens with zero attached hydrogens (tertiary/aromatic N) is 4. The standard InChI is InChI=1S/C13H14ClN5S/c1-3-8-6-9(19(2)16-8)7-15-12-10(14)4-5-11-13(12)18-20-17-11/h4-6,15H,3,7H2,1-2H3. The van der Waals surface area contributed by atoms with Crippen LogP contribution >= 0.6 is 23.3 Å². The van der Waals surface area contributed by atoms with Crippen molar-refractivity contribution in [2.24, 2.45) is 7.05 Å². The Morgan fingerprint density at radius 2 is 2.20 bits per heavy atom. The number of aromatic nitrogens is 4. The number of aryl methyl sites for hydroxylation is 2. The fourth-order valence-corrected chi connectivity index (χ4v) is 2.85. The van der Waals surface area contributed by atoms with Crippen LogP contribution in [0.2, 0.25) is 5.02 Å². The Kier molecular flexibility index (Phi) is 3.58. The first-order valence-electron chi connectivity index (χ1n) is 6.35. The van der Waals surface area contributed by atoms with E-state index in [-0.39, 0.29) is 0 Å². The highest BCUT2D eigenvalue weighted by Gasteiger charge is 2.11. The predicted molar refractivity (Wildman–Crippen MR) is 82.3 cm³/mol. The quantitative estimate of drug-likeness (QED) is 0.804. The maximum Gasteiger partial charge on any atom is 0.129 e. The normalized spacial score (nSPS) is 11.2. The molecule has 0 radical (unpaired) electrons. The molecule has 104 valence electrons. The Morgan fingerprint density at radius 3 is 2.95 bits per heavy atom. The SMILES string of the molecule is CCc1cc(CNc2c(Cl)ccc3nsnc23)n(C)n1. The van der Waals surface area contributed by atoms with Crippen molar-refractivity contribution < 1.29 is 0 Å². The summed E-state index contributed by atoms with van der Waals surface area (Å²) in [5, 5.41) is 8.44. The molecule has 2 heterocycles. The van der Waals surface area contributed by atoms with E-state index in [0.29, 0.717) is 11.6 Å². The molecule has 1 aromatic carbocycles. The third-order valence-electron chi connectivity index (χ3n) is 3.21. The van der Waals surface area contributed by atoms with Gasteiger partial charge in [-0.1, -0.05) is 18.5 Å². The van der Waals surface area contributed by atoms with Crippen molar-refractivity contribution in [3.05, 3.63) is 34.6 Å². The fraction of sp³-hybridized carbons (Fsp3) is 0.308. The van der Waals surface area contributed by atoms with Crippen LogP contribution in [0.4, 0.5) is 5.69 Å². The first-order valence-corrected chi connectivity index (χ1v) is 7.46. The Bertz CT molecular complexity index is 748. The molecule has 0 spiro atoms. The van der Waals surface area contributed by atoms with Gasteiger partial charge in [0.1, 0.15) is 11.0 Å². The second-order valence-electron chi connectivity index (χ2n) is 4.51. The van der Waals surface area contributed by atoms with Gasteiger partial charge in [0.05, 0.1) is 40.4 Å². The summed E-state index contributed by atoms with van der Waals surface area (Å²) in [4.78, 5) is 0. The number of anilines is 1. The average molecular weight is 308 g/mol. The topological polar surface area (TPSA) is 55.6 Å². The highest BCUT2D eigenvalue weighted by atomic mass is 35.5. The van der Waals surface area contributed by atoms with Crippen molar-refractivity contribution in [1.29, 1.82) is 0 Å². The predicted octanol–water partition coefficient (Wildman–Crippen LogP) is 3.25. The van der Waals surface area contributed by atoms with Crippen molar-refractivity contribution in [2.75, 3.05) is 5.32 Å². The summed E-state index contributed by atoms with van der Waals surface area (Å²) < 4.78 is 10.4. The molecule has 5 nitrogen and oxygen atoms in total. The second kappa shape index (κ2) is 5.38. The van der Waals surface area contributed by atoms with Crippen LogP contribution in [0.1, 0.15) is 18.3 Å². The van der Waals surface area contributed by atoms with E-state index in [9.17, 15) is 0 Å². The fourth-order valence-electron chi connectivity index (χ4n) is 2.08. The Morgan fingerprint density at radius 1 is 1.35 bits per heavy atom. The molecule has 3 rings (SSSR count). The van der Waals surface area contributed by atoms with Crippen molar-refractivity contribution >= 4 is 40.0 Å². The third-order valence-corrected chi connectivity index (χ3v) is 4.07. The highest BCUT2D eigenvalue weighted by molar-refractivity contribution is 7.00. The molecule has 0 bridgehead atoms. The number of fused-ring (bicyclic) bond motifs is 1. The average Bonchev–Trinajstić information content (AvgIpc) is 3.04. The largest absolute Gasteiger partial charge is 0.376 e. The molecule has 2 aromatic heterocycles. The van der Waals surface area contributed by atoms with Gasteiger partial charge in [-0.15, -0.1) is 0 Å². The number of hydrogen-bond acceptors (Lipinski definition) is 5. The maximum atomic E-state index is 6.25. The van der Waals surface area contributed by atoms with E-state index in [2.05, 4.69) is 32.2 Å². The number of halogens is 1. The number of hydrogen-bond donors (Lipinski definition) is 1. The molecule has 0 saturated carbocycles. The van der Waals surface area contributed by atoms with Gasteiger partial charge >= 0.3 is 0 Å². The summed E-state index contributed by atoms with van der Waals surface area (Å²) >= 11 is 7.44. The summed E-state index contributed by atoms with van der Waals surface area (Å²) in [5.41, 5.74) is 4.71. The van der Waals surface area contributed by atoms with E-state index < -0.39 is 0 Å². The molecule has 0 aliphatic carbocycles. The van der Waals surface area contributed by atoms with Crippen LogP contribution in [-0.2, 0) is 20.0 Å². The van der Waals surface area contributed by atoms with Gasteiger partial charge in [0.15, 0.2) is 0 Å². The summed E-state index contributed by atoms with van der Waals surface area (Å²) in [5.74, 6) is 0. The van der Waals surface area contributed by atoms with Crippen molar-refractivity contribution in [3.8, 4) is 0 Å². The molecular weight excluding hydrogens is 294 g/mol. The van der Waals surface area contributed by atoms with E-state index in [1.54, 1.807) is 0 Å². The molecule has 1 N–H and O–H groups in total. The van der Waals surface area contributed by atoms with E-state index in [1.807, 2.05) is 23.9 Å². The van der Waals surface area contributed by atoms with E-state index >= 15 is 0 Å². The minimum Gasteiger partial charge on any atom is -0.376 e.